The number of nitro groups is 1. The molecule has 0 fully saturated rings. The topological polar surface area (TPSA) is 89.8 Å². The molecule has 0 saturated heterocycles. The molecule has 1 aromatic rings. The smallest absolute Gasteiger partial charge is 0.340 e. The summed E-state index contributed by atoms with van der Waals surface area (Å²) in [5.74, 6) is -1.01. The lowest BCUT2D eigenvalue weighted by Gasteiger charge is -2.14. The number of benzene rings is 1. The molecule has 0 saturated carbocycles. The molecule has 0 aromatic heterocycles. The van der Waals surface area contributed by atoms with Gasteiger partial charge in [0.15, 0.2) is 0 Å². The van der Waals surface area contributed by atoms with Crippen molar-refractivity contribution in [2.75, 3.05) is 13.7 Å². The summed E-state index contributed by atoms with van der Waals surface area (Å²) < 4.78 is 4.74. The minimum absolute atomic E-state index is 0.102. The summed E-state index contributed by atoms with van der Waals surface area (Å²) in [6, 6.07) is 6.04. The first-order valence-electron chi connectivity index (χ1n) is 6.98. The molecule has 1 aromatic carbocycles. The zero-order valence-corrected chi connectivity index (χ0v) is 13.0. The summed E-state index contributed by atoms with van der Waals surface area (Å²) in [6.45, 7) is 3.82. The molecule has 0 N–H and O–H groups in total. The van der Waals surface area contributed by atoms with Crippen LogP contribution in [0.3, 0.4) is 0 Å². The van der Waals surface area contributed by atoms with Crippen LogP contribution in [-0.4, -0.2) is 35.4 Å². The van der Waals surface area contributed by atoms with Crippen LogP contribution < -0.4 is 0 Å². The molecule has 7 nitrogen and oxygen atoms in total. The van der Waals surface area contributed by atoms with Crippen molar-refractivity contribution in [1.29, 1.82) is 0 Å². The van der Waals surface area contributed by atoms with Crippen LogP contribution in [0.2, 0.25) is 0 Å². The van der Waals surface area contributed by atoms with E-state index in [1.807, 2.05) is 0 Å². The zero-order valence-electron chi connectivity index (χ0n) is 13.0. The van der Waals surface area contributed by atoms with Crippen molar-refractivity contribution in [3.63, 3.8) is 0 Å². The monoisotopic (exact) mass is 316 g/mol. The lowest BCUT2D eigenvalue weighted by molar-refractivity contribution is -0.385. The number of esters is 1. The van der Waals surface area contributed by atoms with Crippen molar-refractivity contribution >= 4 is 23.6 Å². The number of likely N-dealkylation sites (N-methyl/N-ethyl adjacent to an activating group) is 1. The van der Waals surface area contributed by atoms with Gasteiger partial charge in [-0.25, -0.2) is 4.79 Å². The van der Waals surface area contributed by atoms with Crippen molar-refractivity contribution < 1.29 is 19.2 Å². The number of hydrogen-bond donors (Lipinski definition) is 0. The van der Waals surface area contributed by atoms with Crippen LogP contribution in [0.5, 0.6) is 0 Å². The Morgan fingerprint density at radius 1 is 1.39 bits per heavy atom. The maximum absolute atomic E-state index is 12.5. The van der Waals surface area contributed by atoms with Gasteiger partial charge >= 0.3 is 5.97 Å². The molecule has 1 amide bonds. The highest BCUT2D eigenvalue weighted by Crippen LogP contribution is 2.32. The number of nitrogens with zero attached hydrogens (tertiary/aromatic N) is 2. The third-order valence-corrected chi connectivity index (χ3v) is 3.65. The summed E-state index contributed by atoms with van der Waals surface area (Å²) in [4.78, 5) is 36.5. The van der Waals surface area contributed by atoms with Gasteiger partial charge in [0, 0.05) is 18.3 Å². The van der Waals surface area contributed by atoms with Gasteiger partial charge in [0.25, 0.3) is 11.6 Å². The zero-order chi connectivity index (χ0) is 17.1. The van der Waals surface area contributed by atoms with Gasteiger partial charge in [0.2, 0.25) is 0 Å². The Hall–Kier alpha value is -2.96. The van der Waals surface area contributed by atoms with E-state index in [9.17, 15) is 19.7 Å². The van der Waals surface area contributed by atoms with E-state index < -0.39 is 10.9 Å². The van der Waals surface area contributed by atoms with Gasteiger partial charge in [0.05, 0.1) is 28.7 Å². The van der Waals surface area contributed by atoms with E-state index in [4.69, 9.17) is 4.74 Å². The average Bonchev–Trinajstić information content (AvgIpc) is 2.77. The molecule has 2 rings (SSSR count). The highest BCUT2D eigenvalue weighted by atomic mass is 16.6. The third kappa shape index (κ3) is 2.85. The van der Waals surface area contributed by atoms with Gasteiger partial charge < -0.3 is 9.64 Å². The standard InChI is InChI=1S/C16H16N2O5/c1-4-17-10(2)14(16(20)23-3)12(15(17)19)9-11-7-5-6-8-13(11)18(21)22/h5-9H,4H2,1-3H3/b12-9-. The second-order valence-electron chi connectivity index (χ2n) is 4.88. The fraction of sp³-hybridized carbons (Fsp3) is 0.250. The summed E-state index contributed by atoms with van der Waals surface area (Å²) in [6.07, 6.45) is 1.37. The predicted molar refractivity (Wildman–Crippen MR) is 83.2 cm³/mol. The summed E-state index contributed by atoms with van der Waals surface area (Å²) in [7, 11) is 1.23. The fourth-order valence-electron chi connectivity index (χ4n) is 2.54. The molecular weight excluding hydrogens is 300 g/mol. The van der Waals surface area contributed by atoms with Crippen molar-refractivity contribution in [2.45, 2.75) is 13.8 Å². The van der Waals surface area contributed by atoms with Gasteiger partial charge in [-0.15, -0.1) is 0 Å². The molecule has 0 atom stereocenters. The number of allylic oxidation sites excluding steroid dienone is 1. The maximum atomic E-state index is 12.5. The van der Waals surface area contributed by atoms with E-state index in [0.29, 0.717) is 12.2 Å². The van der Waals surface area contributed by atoms with Gasteiger partial charge in [-0.05, 0) is 26.0 Å². The van der Waals surface area contributed by atoms with Crippen LogP contribution in [0.4, 0.5) is 5.69 Å². The SMILES string of the molecule is CCN1C(=O)/C(=C\c2ccccc2[N+](=O)[O-])C(C(=O)OC)=C1C. The molecular formula is C16H16N2O5. The highest BCUT2D eigenvalue weighted by molar-refractivity contribution is 6.16. The quantitative estimate of drug-likeness (QED) is 0.368. The molecule has 0 spiro atoms. The van der Waals surface area contributed by atoms with Gasteiger partial charge in [-0.3, -0.25) is 14.9 Å². The number of amides is 1. The molecule has 120 valence electrons. The van der Waals surface area contributed by atoms with Gasteiger partial charge in [-0.2, -0.15) is 0 Å². The number of methoxy groups -OCH3 is 1. The summed E-state index contributed by atoms with van der Waals surface area (Å²) >= 11 is 0. The number of hydrogen-bond acceptors (Lipinski definition) is 5. The Labute approximate surface area is 133 Å². The molecule has 0 unspecified atom stereocenters. The van der Waals surface area contributed by atoms with E-state index in [-0.39, 0.29) is 28.3 Å². The molecule has 0 aliphatic carbocycles. The molecule has 7 heteroatoms. The molecule has 0 bridgehead atoms. The van der Waals surface area contributed by atoms with Crippen LogP contribution in [0.1, 0.15) is 19.4 Å². The van der Waals surface area contributed by atoms with Crippen LogP contribution in [0, 0.1) is 10.1 Å². The first-order valence-corrected chi connectivity index (χ1v) is 6.98. The first-order chi connectivity index (χ1) is 10.9. The van der Waals surface area contributed by atoms with Crippen LogP contribution in [0.25, 0.3) is 6.08 Å². The van der Waals surface area contributed by atoms with E-state index in [2.05, 4.69) is 0 Å². The van der Waals surface area contributed by atoms with E-state index in [1.165, 1.54) is 36.3 Å². The van der Waals surface area contributed by atoms with Crippen LogP contribution >= 0.6 is 0 Å². The Kier molecular flexibility index (Phi) is 4.59. The minimum atomic E-state index is -0.642. The van der Waals surface area contributed by atoms with E-state index in [0.717, 1.165) is 0 Å². The van der Waals surface area contributed by atoms with Crippen LogP contribution in [-0.2, 0) is 14.3 Å². The van der Waals surface area contributed by atoms with Crippen molar-refractivity contribution in [3.05, 3.63) is 56.8 Å². The Morgan fingerprint density at radius 3 is 2.61 bits per heavy atom. The second-order valence-corrected chi connectivity index (χ2v) is 4.88. The summed E-state index contributed by atoms with van der Waals surface area (Å²) in [5, 5.41) is 11.1. The number of nitro benzene ring substituents is 1. The first kappa shape index (κ1) is 16.4. The molecule has 1 heterocycles. The molecule has 0 radical (unpaired) electrons. The third-order valence-electron chi connectivity index (χ3n) is 3.65. The van der Waals surface area contributed by atoms with E-state index in [1.54, 1.807) is 19.9 Å². The largest absolute Gasteiger partial charge is 0.465 e. The fourth-order valence-corrected chi connectivity index (χ4v) is 2.54. The number of carbonyl (C=O) groups is 2. The van der Waals surface area contributed by atoms with Gasteiger partial charge in [-0.1, -0.05) is 12.1 Å². The minimum Gasteiger partial charge on any atom is -0.465 e. The second kappa shape index (κ2) is 6.43. The van der Waals surface area contributed by atoms with Gasteiger partial charge in [0.1, 0.15) is 0 Å². The number of para-hydroxylation sites is 1. The van der Waals surface area contributed by atoms with Crippen LogP contribution in [0.15, 0.2) is 41.1 Å². The van der Waals surface area contributed by atoms with E-state index >= 15 is 0 Å². The molecule has 1 aliphatic rings. The average molecular weight is 316 g/mol. The summed E-state index contributed by atoms with van der Waals surface area (Å²) in [5.41, 5.74) is 0.842. The Bertz CT molecular complexity index is 749. The lowest BCUT2D eigenvalue weighted by Crippen LogP contribution is -2.24. The maximum Gasteiger partial charge on any atom is 0.340 e. The normalized spacial score (nSPS) is 16.2. The lowest BCUT2D eigenvalue weighted by atomic mass is 10.0. The predicted octanol–water partition coefficient (Wildman–Crippen LogP) is 2.29. The Balaban J connectivity index is 2.63. The van der Waals surface area contributed by atoms with Crippen molar-refractivity contribution in [3.8, 4) is 0 Å². The number of carbonyl (C=O) groups excluding carboxylic acids is 2. The van der Waals surface area contributed by atoms with Crippen molar-refractivity contribution in [1.82, 2.24) is 4.90 Å². The molecule has 1 aliphatic heterocycles. The number of rotatable bonds is 4. The number of ether oxygens (including phenoxy) is 1. The Morgan fingerprint density at radius 2 is 2.04 bits per heavy atom. The molecule has 23 heavy (non-hydrogen) atoms. The highest BCUT2D eigenvalue weighted by Gasteiger charge is 2.36. The van der Waals surface area contributed by atoms with Crippen molar-refractivity contribution in [2.24, 2.45) is 0 Å².